The molecule has 0 N–H and O–H groups in total. The predicted octanol–water partition coefficient (Wildman–Crippen LogP) is 1.02. The summed E-state index contributed by atoms with van der Waals surface area (Å²) < 4.78 is 23.4. The predicted molar refractivity (Wildman–Crippen MR) is 110 cm³/mol. The van der Waals surface area contributed by atoms with Gasteiger partial charge in [-0.1, -0.05) is 29.8 Å². The molecular weight excluding hydrogens is 414 g/mol. The highest BCUT2D eigenvalue weighted by molar-refractivity contribution is 7.91. The van der Waals surface area contributed by atoms with E-state index in [1.807, 2.05) is 23.1 Å². The van der Waals surface area contributed by atoms with Gasteiger partial charge in [-0.2, -0.15) is 0 Å². The number of carbonyl (C=O) groups excluding carboxylic acids is 2. The summed E-state index contributed by atoms with van der Waals surface area (Å²) in [4.78, 5) is 31.1. The summed E-state index contributed by atoms with van der Waals surface area (Å²) in [5.74, 6) is 0.192. The molecule has 0 saturated carbocycles. The number of halogens is 1. The average Bonchev–Trinajstić information content (AvgIpc) is 3.25. The van der Waals surface area contributed by atoms with E-state index in [1.54, 1.807) is 11.0 Å². The van der Waals surface area contributed by atoms with E-state index in [2.05, 4.69) is 4.90 Å². The van der Waals surface area contributed by atoms with Crippen LogP contribution < -0.4 is 0 Å². The fourth-order valence-electron chi connectivity index (χ4n) is 4.55. The first-order valence-corrected chi connectivity index (χ1v) is 12.3. The second-order valence-electron chi connectivity index (χ2n) is 8.18. The van der Waals surface area contributed by atoms with E-state index in [0.717, 1.165) is 5.56 Å². The quantitative estimate of drug-likeness (QED) is 0.700. The van der Waals surface area contributed by atoms with Crippen molar-refractivity contribution in [3.8, 4) is 0 Å². The zero-order valence-corrected chi connectivity index (χ0v) is 17.9. The Kier molecular flexibility index (Phi) is 5.86. The molecule has 3 aliphatic heterocycles. The molecule has 3 saturated heterocycles. The molecule has 158 valence electrons. The normalized spacial score (nSPS) is 27.6. The lowest BCUT2D eigenvalue weighted by molar-refractivity contribution is -0.137. The average molecular weight is 440 g/mol. The van der Waals surface area contributed by atoms with E-state index in [1.165, 1.54) is 0 Å². The minimum atomic E-state index is -2.90. The Morgan fingerprint density at radius 3 is 2.52 bits per heavy atom. The van der Waals surface area contributed by atoms with Gasteiger partial charge >= 0.3 is 0 Å². The van der Waals surface area contributed by atoms with Crippen molar-refractivity contribution in [2.75, 3.05) is 44.2 Å². The maximum atomic E-state index is 12.9. The summed E-state index contributed by atoms with van der Waals surface area (Å²) in [6.07, 6.45) is 0.925. The van der Waals surface area contributed by atoms with Crippen LogP contribution in [0.1, 0.15) is 18.4 Å². The van der Waals surface area contributed by atoms with Crippen molar-refractivity contribution < 1.29 is 18.0 Å². The van der Waals surface area contributed by atoms with Crippen LogP contribution in [0.4, 0.5) is 0 Å². The van der Waals surface area contributed by atoms with Crippen LogP contribution in [0.2, 0.25) is 5.02 Å². The molecule has 0 unspecified atom stereocenters. The summed E-state index contributed by atoms with van der Waals surface area (Å²) in [5, 5.41) is 0.625. The molecule has 3 fully saturated rings. The number of sulfone groups is 1. The van der Waals surface area contributed by atoms with E-state index < -0.39 is 9.84 Å². The van der Waals surface area contributed by atoms with Gasteiger partial charge in [-0.15, -0.1) is 0 Å². The molecule has 0 radical (unpaired) electrons. The first-order chi connectivity index (χ1) is 13.8. The molecule has 4 rings (SSSR count). The molecule has 3 heterocycles. The SMILES string of the molecule is O=C1C[C@H](C(=O)N2CCN([C@H]3CCS(=O)(=O)C3)CC2)CN1Cc1ccccc1Cl. The fraction of sp³-hybridized carbons (Fsp3) is 0.600. The number of likely N-dealkylation sites (tertiary alicyclic amines) is 1. The lowest BCUT2D eigenvalue weighted by atomic mass is 10.1. The third kappa shape index (κ3) is 4.59. The lowest BCUT2D eigenvalue weighted by Crippen LogP contribution is -2.53. The van der Waals surface area contributed by atoms with Crippen LogP contribution in [0.25, 0.3) is 0 Å². The minimum absolute atomic E-state index is 0.0157. The summed E-state index contributed by atoms with van der Waals surface area (Å²) >= 11 is 6.20. The molecule has 0 aromatic heterocycles. The highest BCUT2D eigenvalue weighted by Gasteiger charge is 2.39. The van der Waals surface area contributed by atoms with Crippen molar-refractivity contribution in [3.05, 3.63) is 34.9 Å². The molecule has 9 heteroatoms. The van der Waals surface area contributed by atoms with Crippen molar-refractivity contribution in [1.29, 1.82) is 0 Å². The summed E-state index contributed by atoms with van der Waals surface area (Å²) in [5.41, 5.74) is 0.885. The van der Waals surface area contributed by atoms with Crippen molar-refractivity contribution in [3.63, 3.8) is 0 Å². The topological polar surface area (TPSA) is 78.0 Å². The third-order valence-electron chi connectivity index (χ3n) is 6.23. The largest absolute Gasteiger partial charge is 0.340 e. The maximum Gasteiger partial charge on any atom is 0.228 e. The van der Waals surface area contributed by atoms with Crippen LogP contribution >= 0.6 is 11.6 Å². The summed E-state index contributed by atoms with van der Waals surface area (Å²) in [7, 11) is -2.90. The van der Waals surface area contributed by atoms with Gasteiger partial charge in [-0.3, -0.25) is 14.5 Å². The number of amides is 2. The Morgan fingerprint density at radius 1 is 1.14 bits per heavy atom. The van der Waals surface area contributed by atoms with Crippen molar-refractivity contribution >= 4 is 33.3 Å². The zero-order chi connectivity index (χ0) is 20.6. The van der Waals surface area contributed by atoms with Crippen molar-refractivity contribution in [2.24, 2.45) is 5.92 Å². The van der Waals surface area contributed by atoms with E-state index in [4.69, 9.17) is 11.6 Å². The summed E-state index contributed by atoms with van der Waals surface area (Å²) in [6, 6.07) is 7.52. The van der Waals surface area contributed by atoms with Crippen LogP contribution in [-0.2, 0) is 26.0 Å². The van der Waals surface area contributed by atoms with E-state index >= 15 is 0 Å². The molecule has 29 heavy (non-hydrogen) atoms. The van der Waals surface area contributed by atoms with Crippen LogP contribution in [-0.4, -0.2) is 85.2 Å². The smallest absolute Gasteiger partial charge is 0.228 e. The van der Waals surface area contributed by atoms with Gasteiger partial charge in [-0.25, -0.2) is 8.42 Å². The number of rotatable bonds is 4. The second kappa shape index (κ2) is 8.24. The fourth-order valence-corrected chi connectivity index (χ4v) is 6.51. The summed E-state index contributed by atoms with van der Waals surface area (Å²) in [6.45, 7) is 3.40. The molecule has 3 aliphatic rings. The first-order valence-electron chi connectivity index (χ1n) is 10.1. The number of nitrogens with zero attached hydrogens (tertiary/aromatic N) is 3. The van der Waals surface area contributed by atoms with Crippen LogP contribution in [0.5, 0.6) is 0 Å². The van der Waals surface area contributed by atoms with Gasteiger partial charge in [0.15, 0.2) is 9.84 Å². The molecule has 2 atom stereocenters. The van der Waals surface area contributed by atoms with Crippen LogP contribution in [0, 0.1) is 5.92 Å². The third-order valence-corrected chi connectivity index (χ3v) is 8.35. The zero-order valence-electron chi connectivity index (χ0n) is 16.3. The Labute approximate surface area is 176 Å². The molecule has 0 spiro atoms. The van der Waals surface area contributed by atoms with Gasteiger partial charge in [0, 0.05) is 56.8 Å². The Balaban J connectivity index is 1.30. The van der Waals surface area contributed by atoms with Crippen molar-refractivity contribution in [2.45, 2.75) is 25.4 Å². The van der Waals surface area contributed by atoms with Crippen LogP contribution in [0.3, 0.4) is 0 Å². The van der Waals surface area contributed by atoms with Gasteiger partial charge in [0.2, 0.25) is 11.8 Å². The van der Waals surface area contributed by atoms with E-state index in [-0.39, 0.29) is 41.7 Å². The van der Waals surface area contributed by atoms with Gasteiger partial charge in [-0.05, 0) is 18.1 Å². The van der Waals surface area contributed by atoms with E-state index in [0.29, 0.717) is 50.7 Å². The first kappa shape index (κ1) is 20.6. The van der Waals surface area contributed by atoms with Gasteiger partial charge in [0.1, 0.15) is 0 Å². The van der Waals surface area contributed by atoms with Gasteiger partial charge in [0.25, 0.3) is 0 Å². The number of hydrogen-bond acceptors (Lipinski definition) is 5. The van der Waals surface area contributed by atoms with Crippen molar-refractivity contribution in [1.82, 2.24) is 14.7 Å². The number of hydrogen-bond donors (Lipinski definition) is 0. The van der Waals surface area contributed by atoms with Crippen LogP contribution in [0.15, 0.2) is 24.3 Å². The standard InChI is InChI=1S/C20H26ClN3O4S/c21-18-4-2-1-3-15(18)12-24-13-16(11-19(24)25)20(26)23-8-6-22(7-9-23)17-5-10-29(27,28)14-17/h1-4,16-17H,5-14H2/t16-,17-/m0/s1. The van der Waals surface area contributed by atoms with Gasteiger partial charge < -0.3 is 9.80 Å². The monoisotopic (exact) mass is 439 g/mol. The molecule has 7 nitrogen and oxygen atoms in total. The highest BCUT2D eigenvalue weighted by Crippen LogP contribution is 2.26. The molecule has 0 aliphatic carbocycles. The Bertz CT molecular complexity index is 899. The van der Waals surface area contributed by atoms with Gasteiger partial charge in [0.05, 0.1) is 17.4 Å². The Hall–Kier alpha value is -1.64. The maximum absolute atomic E-state index is 12.9. The number of benzene rings is 1. The molecule has 1 aromatic rings. The molecule has 0 bridgehead atoms. The molecule has 2 amide bonds. The lowest BCUT2D eigenvalue weighted by Gasteiger charge is -2.38. The second-order valence-corrected chi connectivity index (χ2v) is 10.8. The van der Waals surface area contributed by atoms with E-state index in [9.17, 15) is 18.0 Å². The highest BCUT2D eigenvalue weighted by atomic mass is 35.5. The minimum Gasteiger partial charge on any atom is -0.340 e. The Morgan fingerprint density at radius 2 is 1.86 bits per heavy atom. The number of piperazine rings is 1. The molecule has 1 aromatic carbocycles. The number of carbonyl (C=O) groups is 2. The molecular formula is C20H26ClN3O4S.